The van der Waals surface area contributed by atoms with E-state index in [-0.39, 0.29) is 0 Å². The lowest BCUT2D eigenvalue weighted by Crippen LogP contribution is -2.17. The first-order chi connectivity index (χ1) is 7.40. The van der Waals surface area contributed by atoms with Crippen LogP contribution in [0, 0.1) is 0 Å². The van der Waals surface area contributed by atoms with Gasteiger partial charge in [0.1, 0.15) is 18.4 Å². The molecule has 0 aromatic carbocycles. The van der Waals surface area contributed by atoms with Crippen molar-refractivity contribution in [1.29, 1.82) is 0 Å². The predicted octanol–water partition coefficient (Wildman–Crippen LogP) is 0.576. The van der Waals surface area contributed by atoms with Crippen LogP contribution in [0.15, 0.2) is 23.2 Å². The number of hydrogen-bond donors (Lipinski definition) is 1. The third-order valence-corrected chi connectivity index (χ3v) is 2.08. The van der Waals surface area contributed by atoms with Crippen LogP contribution in [0.4, 0.5) is 0 Å². The third-order valence-electron chi connectivity index (χ3n) is 2.08. The van der Waals surface area contributed by atoms with Crippen LogP contribution in [0.1, 0.15) is 18.4 Å². The van der Waals surface area contributed by atoms with Crippen LogP contribution in [0.5, 0.6) is 0 Å². The first-order valence-electron chi connectivity index (χ1n) is 4.87. The molecule has 0 saturated carbocycles. The van der Waals surface area contributed by atoms with Gasteiger partial charge in [-0.15, -0.1) is 0 Å². The largest absolute Gasteiger partial charge is 0.364 e. The second-order valence-corrected chi connectivity index (χ2v) is 3.09. The second-order valence-electron chi connectivity index (χ2n) is 3.09. The summed E-state index contributed by atoms with van der Waals surface area (Å²) in [5.41, 5.74) is 0.887. The maximum atomic E-state index is 4.72. The maximum absolute atomic E-state index is 4.72. The van der Waals surface area contributed by atoms with E-state index in [4.69, 9.17) is 4.52 Å². The summed E-state index contributed by atoms with van der Waals surface area (Å²) in [5, 5.41) is 11.1. The number of nitrogens with zero attached hydrogens (tertiary/aromatic N) is 4. The van der Waals surface area contributed by atoms with Gasteiger partial charge in [0, 0.05) is 19.2 Å². The fourth-order valence-electron chi connectivity index (χ4n) is 1.32. The Bertz CT molecular complexity index is 394. The summed E-state index contributed by atoms with van der Waals surface area (Å²) in [6, 6.07) is 1.83. The topological polar surface area (TPSA) is 68.8 Å². The summed E-state index contributed by atoms with van der Waals surface area (Å²) < 4.78 is 6.58. The van der Waals surface area contributed by atoms with Crippen LogP contribution in [0.25, 0.3) is 0 Å². The molecule has 80 valence electrons. The van der Waals surface area contributed by atoms with Gasteiger partial charge >= 0.3 is 0 Å². The van der Waals surface area contributed by atoms with Gasteiger partial charge < -0.3 is 9.84 Å². The molecule has 0 saturated heterocycles. The molecular formula is C9H13N5O. The summed E-state index contributed by atoms with van der Waals surface area (Å²) in [6.07, 6.45) is 3.13. The number of nitrogens with one attached hydrogen (secondary N) is 1. The highest BCUT2D eigenvalue weighted by Gasteiger charge is 2.02. The number of rotatable bonds is 5. The fraction of sp³-hybridized carbons (Fsp3) is 0.444. The van der Waals surface area contributed by atoms with Crippen molar-refractivity contribution in [2.75, 3.05) is 0 Å². The molecule has 0 spiro atoms. The van der Waals surface area contributed by atoms with Crippen LogP contribution >= 0.6 is 0 Å². The van der Waals surface area contributed by atoms with Gasteiger partial charge in [-0.25, -0.2) is 9.67 Å². The molecule has 0 fully saturated rings. The van der Waals surface area contributed by atoms with Gasteiger partial charge in [0.15, 0.2) is 0 Å². The fourth-order valence-corrected chi connectivity index (χ4v) is 1.32. The molecule has 0 aliphatic carbocycles. The first kappa shape index (κ1) is 9.85. The molecule has 2 rings (SSSR count). The number of aryl methyl sites for hydroxylation is 1. The van der Waals surface area contributed by atoms with E-state index in [1.54, 1.807) is 12.6 Å². The van der Waals surface area contributed by atoms with Crippen molar-refractivity contribution in [2.45, 2.75) is 26.6 Å². The smallest absolute Gasteiger partial charge is 0.140 e. The van der Waals surface area contributed by atoms with Crippen molar-refractivity contribution < 1.29 is 4.52 Å². The van der Waals surface area contributed by atoms with E-state index < -0.39 is 0 Å². The molecule has 0 amide bonds. The molecule has 0 bridgehead atoms. The quantitative estimate of drug-likeness (QED) is 0.776. The average Bonchev–Trinajstić information content (AvgIpc) is 2.88. The van der Waals surface area contributed by atoms with Crippen LogP contribution in [-0.4, -0.2) is 19.9 Å². The minimum atomic E-state index is 0.674. The van der Waals surface area contributed by atoms with Crippen molar-refractivity contribution in [3.05, 3.63) is 30.2 Å². The normalized spacial score (nSPS) is 10.7. The van der Waals surface area contributed by atoms with Crippen LogP contribution in [-0.2, 0) is 19.6 Å². The van der Waals surface area contributed by atoms with E-state index in [0.717, 1.165) is 18.1 Å². The van der Waals surface area contributed by atoms with E-state index in [1.165, 1.54) is 0 Å². The monoisotopic (exact) mass is 207 g/mol. The van der Waals surface area contributed by atoms with E-state index in [0.29, 0.717) is 13.1 Å². The summed E-state index contributed by atoms with van der Waals surface area (Å²) in [6.45, 7) is 4.23. The van der Waals surface area contributed by atoms with Crippen LogP contribution in [0.2, 0.25) is 0 Å². The summed E-state index contributed by atoms with van der Waals surface area (Å²) in [5.74, 6) is 0.931. The Hall–Kier alpha value is -1.69. The van der Waals surface area contributed by atoms with Crippen molar-refractivity contribution >= 4 is 0 Å². The lowest BCUT2D eigenvalue weighted by molar-refractivity contribution is 0.408. The molecule has 2 heterocycles. The van der Waals surface area contributed by atoms with Crippen molar-refractivity contribution in [3.63, 3.8) is 0 Å². The molecule has 0 aliphatic heterocycles. The Morgan fingerprint density at radius 1 is 1.47 bits per heavy atom. The van der Waals surface area contributed by atoms with Gasteiger partial charge in [0.25, 0.3) is 0 Å². The van der Waals surface area contributed by atoms with E-state index in [9.17, 15) is 0 Å². The maximum Gasteiger partial charge on any atom is 0.140 e. The minimum absolute atomic E-state index is 0.674. The van der Waals surface area contributed by atoms with E-state index in [2.05, 4.69) is 20.6 Å². The molecular weight excluding hydrogens is 194 g/mol. The Kier molecular flexibility index (Phi) is 3.08. The molecule has 6 nitrogen and oxygen atoms in total. The standard InChI is InChI=1S/C9H13N5O/c1-2-14-9(11-7-12-14)6-10-5-8-3-4-15-13-8/h3-4,7,10H,2,5-6H2,1H3. The highest BCUT2D eigenvalue weighted by molar-refractivity contribution is 4.95. The Morgan fingerprint density at radius 2 is 2.40 bits per heavy atom. The molecule has 1 N–H and O–H groups in total. The SMILES string of the molecule is CCn1ncnc1CNCc1ccon1. The third kappa shape index (κ3) is 2.41. The summed E-state index contributed by atoms with van der Waals surface area (Å²) in [7, 11) is 0. The Morgan fingerprint density at radius 3 is 3.13 bits per heavy atom. The zero-order valence-corrected chi connectivity index (χ0v) is 8.55. The zero-order chi connectivity index (χ0) is 10.5. The summed E-state index contributed by atoms with van der Waals surface area (Å²) >= 11 is 0. The van der Waals surface area contributed by atoms with Crippen molar-refractivity contribution in [1.82, 2.24) is 25.2 Å². The number of hydrogen-bond acceptors (Lipinski definition) is 5. The highest BCUT2D eigenvalue weighted by atomic mass is 16.5. The first-order valence-corrected chi connectivity index (χ1v) is 4.87. The molecule has 0 unspecified atom stereocenters. The van der Waals surface area contributed by atoms with Gasteiger partial charge in [-0.1, -0.05) is 5.16 Å². The number of aromatic nitrogens is 4. The molecule has 2 aromatic rings. The van der Waals surface area contributed by atoms with Gasteiger partial charge in [0.05, 0.1) is 12.2 Å². The predicted molar refractivity (Wildman–Crippen MR) is 52.7 cm³/mol. The van der Waals surface area contributed by atoms with Crippen LogP contribution < -0.4 is 5.32 Å². The van der Waals surface area contributed by atoms with Gasteiger partial charge in [0.2, 0.25) is 0 Å². The second kappa shape index (κ2) is 4.70. The highest BCUT2D eigenvalue weighted by Crippen LogP contribution is 1.96. The van der Waals surface area contributed by atoms with Crippen molar-refractivity contribution in [2.24, 2.45) is 0 Å². The van der Waals surface area contributed by atoms with Crippen molar-refractivity contribution in [3.8, 4) is 0 Å². The zero-order valence-electron chi connectivity index (χ0n) is 8.55. The summed E-state index contributed by atoms with van der Waals surface area (Å²) in [4.78, 5) is 4.15. The molecule has 15 heavy (non-hydrogen) atoms. The minimum Gasteiger partial charge on any atom is -0.364 e. The molecule has 0 radical (unpaired) electrons. The van der Waals surface area contributed by atoms with E-state index >= 15 is 0 Å². The van der Waals surface area contributed by atoms with Crippen LogP contribution in [0.3, 0.4) is 0 Å². The Labute approximate surface area is 87.3 Å². The average molecular weight is 207 g/mol. The van der Waals surface area contributed by atoms with Gasteiger partial charge in [-0.3, -0.25) is 0 Å². The Balaban J connectivity index is 1.83. The lowest BCUT2D eigenvalue weighted by atomic mass is 10.4. The molecule has 0 atom stereocenters. The molecule has 2 aromatic heterocycles. The van der Waals surface area contributed by atoms with Gasteiger partial charge in [-0.05, 0) is 6.92 Å². The van der Waals surface area contributed by atoms with E-state index in [1.807, 2.05) is 17.7 Å². The lowest BCUT2D eigenvalue weighted by Gasteiger charge is -2.03. The van der Waals surface area contributed by atoms with Gasteiger partial charge in [-0.2, -0.15) is 5.10 Å². The molecule has 6 heteroatoms. The molecule has 0 aliphatic rings.